The summed E-state index contributed by atoms with van der Waals surface area (Å²) in [5.41, 5.74) is 3.32. The van der Waals surface area contributed by atoms with E-state index >= 15 is 0 Å². The largest absolute Gasteiger partial charge is 0.382 e. The monoisotopic (exact) mass is 286 g/mol. The number of hydrogen-bond acceptors (Lipinski definition) is 4. The van der Waals surface area contributed by atoms with Gasteiger partial charge in [-0.05, 0) is 12.1 Å². The maximum absolute atomic E-state index is 11.9. The van der Waals surface area contributed by atoms with Crippen molar-refractivity contribution in [3.63, 3.8) is 0 Å². The highest BCUT2D eigenvalue weighted by Crippen LogP contribution is 2.23. The Balaban J connectivity index is 2.77. The van der Waals surface area contributed by atoms with Crippen LogP contribution in [0.5, 0.6) is 0 Å². The topological polar surface area (TPSA) is 60.5 Å². The first-order valence-corrected chi connectivity index (χ1v) is 6.31. The van der Waals surface area contributed by atoms with Crippen molar-refractivity contribution in [2.24, 2.45) is 0 Å². The summed E-state index contributed by atoms with van der Waals surface area (Å²) in [6.45, 7) is 6.70. The molecule has 0 atom stereocenters. The Hall–Kier alpha value is -1.17. The zero-order valence-electron chi connectivity index (χ0n) is 11.6. The lowest BCUT2D eigenvalue weighted by atomic mass is 9.91. The molecule has 1 amide bonds. The molecule has 1 aromatic heterocycles. The smallest absolute Gasteiger partial charge is 0.275 e. The van der Waals surface area contributed by atoms with Crippen molar-refractivity contribution in [1.29, 1.82) is 0 Å². The van der Waals surface area contributed by atoms with E-state index in [1.165, 1.54) is 6.07 Å². The van der Waals surface area contributed by atoms with Crippen molar-refractivity contribution in [3.05, 3.63) is 28.5 Å². The number of pyridine rings is 1. The molecule has 0 aliphatic carbocycles. The quantitative estimate of drug-likeness (QED) is 0.513. The third kappa shape index (κ3) is 5.14. The summed E-state index contributed by atoms with van der Waals surface area (Å²) >= 11 is 5.93. The van der Waals surface area contributed by atoms with Crippen LogP contribution in [0.2, 0.25) is 5.15 Å². The summed E-state index contributed by atoms with van der Waals surface area (Å²) in [7, 11) is 1.56. The van der Waals surface area contributed by atoms with Crippen molar-refractivity contribution in [1.82, 2.24) is 10.5 Å². The summed E-state index contributed by atoms with van der Waals surface area (Å²) in [5, 5.41) is 0.287. The lowest BCUT2D eigenvalue weighted by molar-refractivity contribution is 0.00887. The molecule has 19 heavy (non-hydrogen) atoms. The van der Waals surface area contributed by atoms with Crippen LogP contribution in [0.3, 0.4) is 0 Å². The number of amides is 1. The van der Waals surface area contributed by atoms with E-state index in [-0.39, 0.29) is 23.1 Å². The van der Waals surface area contributed by atoms with Crippen LogP contribution >= 0.6 is 11.6 Å². The number of hydrogen-bond donors (Lipinski definition) is 1. The Morgan fingerprint density at radius 2 is 2.05 bits per heavy atom. The molecule has 1 aromatic rings. The Morgan fingerprint density at radius 3 is 2.63 bits per heavy atom. The second kappa shape index (κ2) is 6.84. The molecule has 0 radical (unpaired) electrons. The summed E-state index contributed by atoms with van der Waals surface area (Å²) in [6, 6.07) is 3.21. The minimum atomic E-state index is -0.356. The van der Waals surface area contributed by atoms with E-state index in [1.807, 2.05) is 20.8 Å². The van der Waals surface area contributed by atoms with Gasteiger partial charge >= 0.3 is 0 Å². The lowest BCUT2D eigenvalue weighted by Gasteiger charge is -2.18. The molecule has 0 spiro atoms. The molecule has 0 fully saturated rings. The van der Waals surface area contributed by atoms with Gasteiger partial charge in [-0.15, -0.1) is 0 Å². The van der Waals surface area contributed by atoms with Gasteiger partial charge in [-0.2, -0.15) is 0 Å². The van der Waals surface area contributed by atoms with Gasteiger partial charge in [0.2, 0.25) is 0 Å². The van der Waals surface area contributed by atoms with Gasteiger partial charge in [-0.25, -0.2) is 10.5 Å². The summed E-state index contributed by atoms with van der Waals surface area (Å²) in [6.07, 6.45) is 0. The number of aromatic nitrogens is 1. The average molecular weight is 287 g/mol. The fraction of sp³-hybridized carbons (Fsp3) is 0.538. The highest BCUT2D eigenvalue weighted by molar-refractivity contribution is 6.29. The highest BCUT2D eigenvalue weighted by Gasteiger charge is 2.19. The number of ether oxygens (including phenoxy) is 1. The Kier molecular flexibility index (Phi) is 5.72. The number of methoxy groups -OCH3 is 1. The van der Waals surface area contributed by atoms with Gasteiger partial charge in [0, 0.05) is 23.8 Å². The molecule has 5 nitrogen and oxygen atoms in total. The normalized spacial score (nSPS) is 11.4. The van der Waals surface area contributed by atoms with Crippen LogP contribution in [0.1, 0.15) is 36.8 Å². The average Bonchev–Trinajstić information content (AvgIpc) is 2.32. The summed E-state index contributed by atoms with van der Waals surface area (Å²) in [4.78, 5) is 21.1. The zero-order valence-corrected chi connectivity index (χ0v) is 12.4. The highest BCUT2D eigenvalue weighted by atomic mass is 35.5. The lowest BCUT2D eigenvalue weighted by Crippen LogP contribution is -2.26. The molecule has 0 unspecified atom stereocenters. The van der Waals surface area contributed by atoms with E-state index in [1.54, 1.807) is 13.2 Å². The van der Waals surface area contributed by atoms with E-state index in [0.717, 1.165) is 5.69 Å². The van der Waals surface area contributed by atoms with Gasteiger partial charge in [0.1, 0.15) is 5.15 Å². The molecule has 6 heteroatoms. The number of halogens is 1. The van der Waals surface area contributed by atoms with Crippen LogP contribution in [-0.4, -0.2) is 31.2 Å². The van der Waals surface area contributed by atoms with E-state index in [0.29, 0.717) is 12.2 Å². The van der Waals surface area contributed by atoms with Crippen molar-refractivity contribution < 1.29 is 14.4 Å². The van der Waals surface area contributed by atoms with Crippen molar-refractivity contribution in [2.75, 3.05) is 20.3 Å². The molecule has 1 rings (SSSR count). The fourth-order valence-corrected chi connectivity index (χ4v) is 1.52. The van der Waals surface area contributed by atoms with E-state index in [9.17, 15) is 4.79 Å². The number of carbonyl (C=O) groups is 1. The fourth-order valence-electron chi connectivity index (χ4n) is 1.31. The van der Waals surface area contributed by atoms with Crippen LogP contribution < -0.4 is 5.48 Å². The first-order valence-electron chi connectivity index (χ1n) is 5.93. The third-order valence-electron chi connectivity index (χ3n) is 2.38. The van der Waals surface area contributed by atoms with Crippen molar-refractivity contribution in [2.45, 2.75) is 26.2 Å². The predicted molar refractivity (Wildman–Crippen MR) is 73.2 cm³/mol. The number of hydroxylamine groups is 1. The minimum Gasteiger partial charge on any atom is -0.382 e. The second-order valence-electron chi connectivity index (χ2n) is 5.09. The molecule has 0 aliphatic heterocycles. The molecule has 0 aromatic carbocycles. The van der Waals surface area contributed by atoms with Crippen LogP contribution in [-0.2, 0) is 15.0 Å². The van der Waals surface area contributed by atoms with Crippen molar-refractivity contribution in [3.8, 4) is 0 Å². The Morgan fingerprint density at radius 1 is 1.37 bits per heavy atom. The van der Waals surface area contributed by atoms with Gasteiger partial charge < -0.3 is 4.74 Å². The first kappa shape index (κ1) is 15.9. The van der Waals surface area contributed by atoms with Crippen LogP contribution in [0.25, 0.3) is 0 Å². The van der Waals surface area contributed by atoms with Gasteiger partial charge in [0.15, 0.2) is 0 Å². The molecule has 0 saturated heterocycles. The van der Waals surface area contributed by atoms with E-state index in [2.05, 4.69) is 10.5 Å². The molecule has 106 valence electrons. The summed E-state index contributed by atoms with van der Waals surface area (Å²) in [5.74, 6) is -0.356. The van der Waals surface area contributed by atoms with Crippen molar-refractivity contribution >= 4 is 17.5 Å². The Labute approximate surface area is 118 Å². The first-order chi connectivity index (χ1) is 8.84. The minimum absolute atomic E-state index is 0.184. The third-order valence-corrected chi connectivity index (χ3v) is 2.57. The molecule has 1 heterocycles. The Bertz CT molecular complexity index is 444. The number of carbonyl (C=O) groups excluding carboxylic acids is 1. The van der Waals surface area contributed by atoms with Crippen LogP contribution in [0.4, 0.5) is 0 Å². The van der Waals surface area contributed by atoms with Crippen LogP contribution in [0, 0.1) is 0 Å². The van der Waals surface area contributed by atoms with E-state index in [4.69, 9.17) is 21.2 Å². The number of nitrogens with one attached hydrogen (secondary N) is 1. The standard InChI is InChI=1S/C13H19ClN2O3/c1-13(2,3)10-7-9(8-11(14)15-10)12(17)16-19-6-5-18-4/h7-8H,5-6H2,1-4H3,(H,16,17). The maximum atomic E-state index is 11.9. The number of rotatable bonds is 5. The second-order valence-corrected chi connectivity index (χ2v) is 5.47. The van der Waals surface area contributed by atoms with Gasteiger partial charge in [0.05, 0.1) is 13.2 Å². The molecule has 0 bridgehead atoms. The molecule has 1 N–H and O–H groups in total. The molecule has 0 aliphatic rings. The zero-order chi connectivity index (χ0) is 14.5. The maximum Gasteiger partial charge on any atom is 0.275 e. The SMILES string of the molecule is COCCONC(=O)c1cc(Cl)nc(C(C)(C)C)c1. The summed E-state index contributed by atoms with van der Waals surface area (Å²) < 4.78 is 4.80. The molecule has 0 saturated carbocycles. The molecular formula is C13H19ClN2O3. The van der Waals surface area contributed by atoms with Crippen LogP contribution in [0.15, 0.2) is 12.1 Å². The van der Waals surface area contributed by atoms with Gasteiger partial charge in [0.25, 0.3) is 5.91 Å². The van der Waals surface area contributed by atoms with Gasteiger partial charge in [-0.3, -0.25) is 9.63 Å². The number of nitrogens with zero attached hydrogens (tertiary/aromatic N) is 1. The molecular weight excluding hydrogens is 268 g/mol. The predicted octanol–water partition coefficient (Wildman–Crippen LogP) is 2.34. The van der Waals surface area contributed by atoms with E-state index < -0.39 is 0 Å². The van der Waals surface area contributed by atoms with Gasteiger partial charge in [-0.1, -0.05) is 32.4 Å².